The number of aromatic nitrogens is 2. The van der Waals surface area contributed by atoms with Crippen molar-refractivity contribution in [2.24, 2.45) is 0 Å². The van der Waals surface area contributed by atoms with Gasteiger partial charge in [-0.1, -0.05) is 6.07 Å². The van der Waals surface area contributed by atoms with Crippen LogP contribution < -0.4 is 16.2 Å². The van der Waals surface area contributed by atoms with Gasteiger partial charge in [0, 0.05) is 51.7 Å². The summed E-state index contributed by atoms with van der Waals surface area (Å²) in [7, 11) is 0. The second kappa shape index (κ2) is 8.23. The van der Waals surface area contributed by atoms with Crippen molar-refractivity contribution in [2.45, 2.75) is 6.92 Å². The molecule has 0 aromatic carbocycles. The number of carbonyl (C=O) groups excluding carboxylic acids is 1. The molecule has 1 aliphatic heterocycles. The molecule has 0 unspecified atom stereocenters. The molecule has 1 fully saturated rings. The minimum Gasteiger partial charge on any atom is -0.351 e. The van der Waals surface area contributed by atoms with Crippen LogP contribution in [0.2, 0.25) is 0 Å². The van der Waals surface area contributed by atoms with Gasteiger partial charge in [-0.15, -0.1) is 12.4 Å². The third kappa shape index (κ3) is 4.11. The predicted molar refractivity (Wildman–Crippen MR) is 95.1 cm³/mol. The lowest BCUT2D eigenvalue weighted by atomic mass is 10.2. The Labute approximate surface area is 146 Å². The van der Waals surface area contributed by atoms with E-state index in [2.05, 4.69) is 20.5 Å². The third-order valence-corrected chi connectivity index (χ3v) is 4.02. The summed E-state index contributed by atoms with van der Waals surface area (Å²) in [6.07, 6.45) is 3.05. The van der Waals surface area contributed by atoms with Crippen LogP contribution >= 0.6 is 12.4 Å². The molecule has 3 rings (SSSR count). The topological polar surface area (TPSA) is 78.7 Å². The first kappa shape index (κ1) is 18.4. The second-order valence-corrected chi connectivity index (χ2v) is 5.76. The average Bonchev–Trinajstić information content (AvgIpc) is 2.56. The zero-order valence-corrected chi connectivity index (χ0v) is 14.4. The predicted octanol–water partition coefficient (Wildman–Crippen LogP) is 0.0597. The number of nitrogens with zero attached hydrogens (tertiary/aromatic N) is 3. The van der Waals surface area contributed by atoms with Crippen LogP contribution in [0.5, 0.6) is 0 Å². The first-order valence-corrected chi connectivity index (χ1v) is 7.84. The smallest absolute Gasteiger partial charge is 0.270 e. The van der Waals surface area contributed by atoms with Crippen LogP contribution in [-0.2, 0) is 0 Å². The van der Waals surface area contributed by atoms with Crippen LogP contribution in [0.15, 0.2) is 29.3 Å². The number of nitrogens with one attached hydrogen (secondary N) is 2. The molecule has 0 bridgehead atoms. The van der Waals surface area contributed by atoms with Crippen molar-refractivity contribution < 1.29 is 4.79 Å². The summed E-state index contributed by atoms with van der Waals surface area (Å²) in [4.78, 5) is 31.1. The number of halogens is 1. The molecule has 0 aliphatic carbocycles. The SMILES string of the molecule is Cc1ccc2ncc(C(=O)NCCN3CCNCC3)c(=O)n2c1.Cl. The van der Waals surface area contributed by atoms with E-state index in [1.54, 1.807) is 12.3 Å². The minimum absolute atomic E-state index is 0. The van der Waals surface area contributed by atoms with Gasteiger partial charge in [-0.3, -0.25) is 18.9 Å². The number of fused-ring (bicyclic) bond motifs is 1. The van der Waals surface area contributed by atoms with Gasteiger partial charge in [-0.05, 0) is 18.6 Å². The number of piperazine rings is 1. The summed E-state index contributed by atoms with van der Waals surface area (Å²) in [5.74, 6) is -0.367. The molecule has 0 spiro atoms. The molecule has 0 saturated carbocycles. The van der Waals surface area contributed by atoms with Gasteiger partial charge in [0.1, 0.15) is 11.2 Å². The Kier molecular flexibility index (Phi) is 6.30. The Bertz CT molecular complexity index is 771. The van der Waals surface area contributed by atoms with Crippen molar-refractivity contribution in [2.75, 3.05) is 39.3 Å². The molecule has 130 valence electrons. The molecule has 2 N–H and O–H groups in total. The van der Waals surface area contributed by atoms with Crippen molar-refractivity contribution in [1.82, 2.24) is 24.9 Å². The molecular weight excluding hydrogens is 330 g/mol. The van der Waals surface area contributed by atoms with E-state index in [0.717, 1.165) is 38.3 Å². The van der Waals surface area contributed by atoms with Gasteiger partial charge < -0.3 is 10.6 Å². The number of hydrogen-bond donors (Lipinski definition) is 2. The maximum Gasteiger partial charge on any atom is 0.270 e. The molecule has 1 saturated heterocycles. The lowest BCUT2D eigenvalue weighted by molar-refractivity contribution is 0.0945. The van der Waals surface area contributed by atoms with Gasteiger partial charge in [0.2, 0.25) is 0 Å². The maximum atomic E-state index is 12.4. The number of rotatable bonds is 4. The van der Waals surface area contributed by atoms with E-state index in [9.17, 15) is 9.59 Å². The molecule has 0 atom stereocenters. The molecule has 3 heterocycles. The zero-order chi connectivity index (χ0) is 16.2. The van der Waals surface area contributed by atoms with E-state index < -0.39 is 0 Å². The normalized spacial score (nSPS) is 15.0. The van der Waals surface area contributed by atoms with Crippen molar-refractivity contribution in [3.05, 3.63) is 46.0 Å². The van der Waals surface area contributed by atoms with Crippen molar-refractivity contribution in [3.63, 3.8) is 0 Å². The Morgan fingerprint density at radius 3 is 2.83 bits per heavy atom. The fourth-order valence-electron chi connectivity index (χ4n) is 2.70. The summed E-state index contributed by atoms with van der Waals surface area (Å²) in [5.41, 5.74) is 1.22. The first-order valence-electron chi connectivity index (χ1n) is 7.84. The van der Waals surface area contributed by atoms with Crippen molar-refractivity contribution in [3.8, 4) is 0 Å². The Hall–Kier alpha value is -1.96. The van der Waals surface area contributed by atoms with Crippen LogP contribution in [0, 0.1) is 6.92 Å². The van der Waals surface area contributed by atoms with E-state index in [1.165, 1.54) is 10.6 Å². The summed E-state index contributed by atoms with van der Waals surface area (Å²) in [5, 5.41) is 6.10. The lowest BCUT2D eigenvalue weighted by Crippen LogP contribution is -2.46. The van der Waals surface area contributed by atoms with Crippen LogP contribution in [0.4, 0.5) is 0 Å². The van der Waals surface area contributed by atoms with Crippen LogP contribution in [0.1, 0.15) is 15.9 Å². The molecule has 0 radical (unpaired) electrons. The van der Waals surface area contributed by atoms with Crippen LogP contribution in [0.3, 0.4) is 0 Å². The van der Waals surface area contributed by atoms with Gasteiger partial charge >= 0.3 is 0 Å². The molecular formula is C16H22ClN5O2. The largest absolute Gasteiger partial charge is 0.351 e. The van der Waals surface area contributed by atoms with Crippen molar-refractivity contribution in [1.29, 1.82) is 0 Å². The standard InChI is InChI=1S/C16H21N5O2.ClH/c1-12-2-3-14-19-10-13(16(23)21(14)11-12)15(22)18-6-9-20-7-4-17-5-8-20;/h2-3,10-11,17H,4-9H2,1H3,(H,18,22);1H. The average molecular weight is 352 g/mol. The molecule has 2 aromatic rings. The zero-order valence-electron chi connectivity index (χ0n) is 13.6. The summed E-state index contributed by atoms with van der Waals surface area (Å²) in [6, 6.07) is 3.65. The summed E-state index contributed by atoms with van der Waals surface area (Å²) < 4.78 is 1.42. The minimum atomic E-state index is -0.367. The van der Waals surface area contributed by atoms with E-state index >= 15 is 0 Å². The molecule has 8 heteroatoms. The first-order chi connectivity index (χ1) is 11.1. The lowest BCUT2D eigenvalue weighted by Gasteiger charge is -2.27. The van der Waals surface area contributed by atoms with Gasteiger partial charge in [0.15, 0.2) is 0 Å². The molecule has 1 amide bonds. The number of pyridine rings is 1. The highest BCUT2D eigenvalue weighted by molar-refractivity contribution is 5.93. The molecule has 7 nitrogen and oxygen atoms in total. The fourth-order valence-corrected chi connectivity index (χ4v) is 2.70. The van der Waals surface area contributed by atoms with Gasteiger partial charge in [0.05, 0.1) is 0 Å². The highest BCUT2D eigenvalue weighted by Crippen LogP contribution is 2.01. The monoisotopic (exact) mass is 351 g/mol. The number of hydrogen-bond acceptors (Lipinski definition) is 5. The van der Waals surface area contributed by atoms with E-state index in [-0.39, 0.29) is 29.4 Å². The van der Waals surface area contributed by atoms with Crippen LogP contribution in [0.25, 0.3) is 5.65 Å². The summed E-state index contributed by atoms with van der Waals surface area (Å²) in [6.45, 7) is 7.12. The molecule has 1 aliphatic rings. The van der Waals surface area contributed by atoms with E-state index in [4.69, 9.17) is 0 Å². The Morgan fingerprint density at radius 2 is 2.08 bits per heavy atom. The molecule has 2 aromatic heterocycles. The highest BCUT2D eigenvalue weighted by Gasteiger charge is 2.14. The third-order valence-electron chi connectivity index (χ3n) is 4.02. The number of aryl methyl sites for hydroxylation is 1. The number of amides is 1. The van der Waals surface area contributed by atoms with Gasteiger partial charge in [0.25, 0.3) is 11.5 Å². The maximum absolute atomic E-state index is 12.4. The van der Waals surface area contributed by atoms with E-state index in [1.807, 2.05) is 13.0 Å². The molecule has 24 heavy (non-hydrogen) atoms. The van der Waals surface area contributed by atoms with Crippen molar-refractivity contribution >= 4 is 24.0 Å². The highest BCUT2D eigenvalue weighted by atomic mass is 35.5. The quantitative estimate of drug-likeness (QED) is 0.814. The fraction of sp³-hybridized carbons (Fsp3) is 0.438. The van der Waals surface area contributed by atoms with E-state index in [0.29, 0.717) is 12.2 Å². The second-order valence-electron chi connectivity index (χ2n) is 5.76. The van der Waals surface area contributed by atoms with Crippen LogP contribution in [-0.4, -0.2) is 59.5 Å². The summed E-state index contributed by atoms with van der Waals surface area (Å²) >= 11 is 0. The van der Waals surface area contributed by atoms with Gasteiger partial charge in [-0.25, -0.2) is 4.98 Å². The van der Waals surface area contributed by atoms with Gasteiger partial charge in [-0.2, -0.15) is 0 Å². The number of carbonyl (C=O) groups is 1. The Morgan fingerprint density at radius 1 is 1.33 bits per heavy atom. The Balaban J connectivity index is 0.00000208.